The summed E-state index contributed by atoms with van der Waals surface area (Å²) in [6, 6.07) is -5.83. The molecule has 0 bridgehead atoms. The van der Waals surface area contributed by atoms with Gasteiger partial charge in [-0.2, -0.15) is 11.8 Å². The molecule has 4 atom stereocenters. The maximum atomic E-state index is 12.7. The lowest BCUT2D eigenvalue weighted by molar-refractivity contribution is -0.143. The SMILES string of the molecule is CSCCC(NC(=O)C(CCC(=O)O)NC(=O)C(CC(=O)O)NC(=O)C(N)CCC(N)=O)C(=O)O. The Bertz CT molecular complexity index is 809. The second-order valence-electron chi connectivity index (χ2n) is 7.44. The summed E-state index contributed by atoms with van der Waals surface area (Å²) in [5.74, 6) is -7.53. The number of carbonyl (C=O) groups is 7. The van der Waals surface area contributed by atoms with E-state index in [1.54, 1.807) is 6.26 Å². The molecule has 0 radical (unpaired) electrons. The molecule has 0 aromatic rings. The average molecular weight is 522 g/mol. The number of hydrogen-bond donors (Lipinski definition) is 8. The third kappa shape index (κ3) is 13.8. The van der Waals surface area contributed by atoms with E-state index in [1.807, 2.05) is 0 Å². The third-order valence-corrected chi connectivity index (χ3v) is 5.20. The molecule has 4 amide bonds. The van der Waals surface area contributed by atoms with Crippen molar-refractivity contribution in [2.75, 3.05) is 12.0 Å². The Morgan fingerprint density at radius 3 is 1.77 bits per heavy atom. The first kappa shape index (κ1) is 31.6. The summed E-state index contributed by atoms with van der Waals surface area (Å²) in [6.07, 6.45) is -0.528. The highest BCUT2D eigenvalue weighted by Gasteiger charge is 2.31. The van der Waals surface area contributed by atoms with Crippen LogP contribution in [0.2, 0.25) is 0 Å². The number of nitrogens with two attached hydrogens (primary N) is 2. The van der Waals surface area contributed by atoms with E-state index in [1.165, 1.54) is 11.8 Å². The van der Waals surface area contributed by atoms with Crippen molar-refractivity contribution in [1.82, 2.24) is 16.0 Å². The predicted octanol–water partition coefficient (Wildman–Crippen LogP) is -2.79. The molecule has 0 rings (SSSR count). The van der Waals surface area contributed by atoms with E-state index in [4.69, 9.17) is 21.7 Å². The summed E-state index contributed by atoms with van der Waals surface area (Å²) < 4.78 is 0. The molecule has 4 unspecified atom stereocenters. The van der Waals surface area contributed by atoms with Gasteiger partial charge in [0, 0.05) is 12.8 Å². The lowest BCUT2D eigenvalue weighted by Crippen LogP contribution is -2.57. The summed E-state index contributed by atoms with van der Waals surface area (Å²) in [5, 5.41) is 33.8. The van der Waals surface area contributed by atoms with Crippen LogP contribution in [0.15, 0.2) is 0 Å². The number of carbonyl (C=O) groups excluding carboxylic acids is 4. The van der Waals surface area contributed by atoms with Gasteiger partial charge in [-0.05, 0) is 31.3 Å². The third-order valence-electron chi connectivity index (χ3n) is 4.56. The Morgan fingerprint density at radius 1 is 0.743 bits per heavy atom. The van der Waals surface area contributed by atoms with E-state index >= 15 is 0 Å². The van der Waals surface area contributed by atoms with Gasteiger partial charge < -0.3 is 42.7 Å². The van der Waals surface area contributed by atoms with Crippen LogP contribution >= 0.6 is 11.8 Å². The van der Waals surface area contributed by atoms with E-state index in [2.05, 4.69) is 16.0 Å². The summed E-state index contributed by atoms with van der Waals surface area (Å²) in [4.78, 5) is 82.0. The first-order chi connectivity index (χ1) is 16.3. The quantitative estimate of drug-likeness (QED) is 0.0909. The zero-order valence-electron chi connectivity index (χ0n) is 19.0. The number of carboxylic acid groups (broad SMARTS) is 3. The zero-order valence-corrected chi connectivity index (χ0v) is 19.8. The van der Waals surface area contributed by atoms with Gasteiger partial charge in [0.15, 0.2) is 0 Å². The van der Waals surface area contributed by atoms with Crippen molar-refractivity contribution in [2.45, 2.75) is 62.7 Å². The van der Waals surface area contributed by atoms with Crippen LogP contribution in [0.3, 0.4) is 0 Å². The van der Waals surface area contributed by atoms with Gasteiger partial charge >= 0.3 is 17.9 Å². The molecule has 198 valence electrons. The van der Waals surface area contributed by atoms with Crippen molar-refractivity contribution in [1.29, 1.82) is 0 Å². The predicted molar refractivity (Wildman–Crippen MR) is 122 cm³/mol. The largest absolute Gasteiger partial charge is 0.481 e. The Kier molecular flexibility index (Phi) is 14.7. The molecule has 0 spiro atoms. The number of aliphatic carboxylic acids is 3. The Labute approximate surface area is 204 Å². The summed E-state index contributed by atoms with van der Waals surface area (Å²) >= 11 is 1.34. The molecule has 35 heavy (non-hydrogen) atoms. The molecule has 0 aliphatic carbocycles. The first-order valence-electron chi connectivity index (χ1n) is 10.4. The highest BCUT2D eigenvalue weighted by atomic mass is 32.2. The van der Waals surface area contributed by atoms with E-state index in [0.29, 0.717) is 5.75 Å². The molecule has 15 nitrogen and oxygen atoms in total. The van der Waals surface area contributed by atoms with Crippen molar-refractivity contribution in [3.63, 3.8) is 0 Å². The van der Waals surface area contributed by atoms with Crippen LogP contribution in [-0.4, -0.2) is 93.0 Å². The Morgan fingerprint density at radius 2 is 1.29 bits per heavy atom. The Balaban J connectivity index is 5.54. The molecule has 16 heteroatoms. The Hall–Kier alpha value is -3.40. The molecule has 0 aliphatic rings. The van der Waals surface area contributed by atoms with Crippen molar-refractivity contribution in [2.24, 2.45) is 11.5 Å². The van der Waals surface area contributed by atoms with Gasteiger partial charge in [0.1, 0.15) is 18.1 Å². The van der Waals surface area contributed by atoms with Crippen molar-refractivity contribution >= 4 is 53.3 Å². The normalized spacial score (nSPS) is 14.0. The van der Waals surface area contributed by atoms with Gasteiger partial charge in [-0.15, -0.1) is 0 Å². The zero-order chi connectivity index (χ0) is 27.1. The highest BCUT2D eigenvalue weighted by molar-refractivity contribution is 7.98. The first-order valence-corrected chi connectivity index (χ1v) is 11.8. The summed E-state index contributed by atoms with van der Waals surface area (Å²) in [5.41, 5.74) is 10.6. The standard InChI is InChI=1S/C19H31N5O10S/c1-35-7-6-11(19(33)34)23-17(31)10(3-5-14(26)27)22-18(32)12(8-15(28)29)24-16(30)9(20)2-4-13(21)25/h9-12H,2-8,20H2,1H3,(H2,21,25)(H,22,32)(H,23,31)(H,24,30)(H,26,27)(H,28,29)(H,33,34). The van der Waals surface area contributed by atoms with Crippen LogP contribution < -0.4 is 27.4 Å². The summed E-state index contributed by atoms with van der Waals surface area (Å²) in [7, 11) is 0. The van der Waals surface area contributed by atoms with Crippen LogP contribution in [0.25, 0.3) is 0 Å². The van der Waals surface area contributed by atoms with Crippen LogP contribution in [0.1, 0.15) is 38.5 Å². The number of nitrogens with one attached hydrogen (secondary N) is 3. The minimum Gasteiger partial charge on any atom is -0.481 e. The van der Waals surface area contributed by atoms with Gasteiger partial charge in [-0.1, -0.05) is 0 Å². The fourth-order valence-corrected chi connectivity index (χ4v) is 3.14. The molecule has 0 aromatic heterocycles. The maximum absolute atomic E-state index is 12.7. The van der Waals surface area contributed by atoms with Crippen molar-refractivity contribution in [3.05, 3.63) is 0 Å². The van der Waals surface area contributed by atoms with Crippen molar-refractivity contribution in [3.8, 4) is 0 Å². The molecule has 10 N–H and O–H groups in total. The number of amides is 4. The van der Waals surface area contributed by atoms with Crippen LogP contribution in [0.5, 0.6) is 0 Å². The second kappa shape index (κ2) is 16.3. The monoisotopic (exact) mass is 521 g/mol. The number of hydrogen-bond acceptors (Lipinski definition) is 9. The molecule has 0 fully saturated rings. The second-order valence-corrected chi connectivity index (χ2v) is 8.43. The van der Waals surface area contributed by atoms with Crippen molar-refractivity contribution < 1.29 is 48.9 Å². The van der Waals surface area contributed by atoms with Gasteiger partial charge in [0.05, 0.1) is 12.5 Å². The molecule has 0 saturated carbocycles. The highest BCUT2D eigenvalue weighted by Crippen LogP contribution is 2.06. The number of primary amides is 1. The molecule has 0 heterocycles. The van der Waals surface area contributed by atoms with E-state index in [9.17, 15) is 38.7 Å². The van der Waals surface area contributed by atoms with Gasteiger partial charge in [-0.25, -0.2) is 4.79 Å². The minimum absolute atomic E-state index is 0.0583. The smallest absolute Gasteiger partial charge is 0.326 e. The molecular formula is C19H31N5O10S. The molecule has 0 saturated heterocycles. The number of thioether (sulfide) groups is 1. The minimum atomic E-state index is -1.70. The lowest BCUT2D eigenvalue weighted by Gasteiger charge is -2.24. The number of carboxylic acids is 3. The maximum Gasteiger partial charge on any atom is 0.326 e. The topological polar surface area (TPSA) is 268 Å². The average Bonchev–Trinajstić information content (AvgIpc) is 2.75. The van der Waals surface area contributed by atoms with E-state index < -0.39 is 85.0 Å². The molecule has 0 aliphatic heterocycles. The van der Waals surface area contributed by atoms with Gasteiger partial charge in [-0.3, -0.25) is 28.8 Å². The molecular weight excluding hydrogens is 490 g/mol. The molecule has 0 aromatic carbocycles. The van der Waals surface area contributed by atoms with Crippen LogP contribution in [0, 0.1) is 0 Å². The van der Waals surface area contributed by atoms with E-state index in [0.717, 1.165) is 0 Å². The van der Waals surface area contributed by atoms with E-state index in [-0.39, 0.29) is 19.3 Å². The number of rotatable bonds is 18. The lowest BCUT2D eigenvalue weighted by atomic mass is 10.1. The summed E-state index contributed by atoms with van der Waals surface area (Å²) in [6.45, 7) is 0. The van der Waals surface area contributed by atoms with Crippen LogP contribution in [0.4, 0.5) is 0 Å². The van der Waals surface area contributed by atoms with Gasteiger partial charge in [0.2, 0.25) is 23.6 Å². The van der Waals surface area contributed by atoms with Crippen LogP contribution in [-0.2, 0) is 33.6 Å². The fourth-order valence-electron chi connectivity index (χ4n) is 2.67. The van der Waals surface area contributed by atoms with Gasteiger partial charge in [0.25, 0.3) is 0 Å². The fraction of sp³-hybridized carbons (Fsp3) is 0.632.